The SMILES string of the molecule is CC1=C(NNC2C(=O)c3ccccc3C2=O)C(=O)C(c2ccccc2)C1C. The van der Waals surface area contributed by atoms with Gasteiger partial charge in [-0.3, -0.25) is 14.4 Å². The summed E-state index contributed by atoms with van der Waals surface area (Å²) in [5, 5.41) is 0. The van der Waals surface area contributed by atoms with Crippen LogP contribution in [0.2, 0.25) is 0 Å². The molecule has 0 saturated carbocycles. The summed E-state index contributed by atoms with van der Waals surface area (Å²) in [4.78, 5) is 38.0. The van der Waals surface area contributed by atoms with Crippen molar-refractivity contribution in [3.8, 4) is 0 Å². The maximum Gasteiger partial charge on any atom is 0.190 e. The maximum absolute atomic E-state index is 13.0. The molecule has 27 heavy (non-hydrogen) atoms. The Morgan fingerprint density at radius 1 is 0.778 bits per heavy atom. The van der Waals surface area contributed by atoms with E-state index in [1.165, 1.54) is 0 Å². The van der Waals surface area contributed by atoms with Gasteiger partial charge in [0.1, 0.15) is 0 Å². The van der Waals surface area contributed by atoms with Crippen molar-refractivity contribution < 1.29 is 14.4 Å². The number of Topliss-reactive ketones (excluding diaryl/α,β-unsaturated/α-hetero) is 3. The van der Waals surface area contributed by atoms with E-state index >= 15 is 0 Å². The van der Waals surface area contributed by atoms with Crippen molar-refractivity contribution in [2.24, 2.45) is 5.92 Å². The fraction of sp³-hybridized carbons (Fsp3) is 0.227. The van der Waals surface area contributed by atoms with E-state index in [9.17, 15) is 14.4 Å². The fourth-order valence-corrected chi connectivity index (χ4v) is 3.93. The largest absolute Gasteiger partial charge is 0.317 e. The molecule has 136 valence electrons. The minimum atomic E-state index is -1.01. The molecule has 0 radical (unpaired) electrons. The molecule has 2 unspecified atom stereocenters. The van der Waals surface area contributed by atoms with Crippen LogP contribution in [0, 0.1) is 5.92 Å². The number of carbonyl (C=O) groups excluding carboxylic acids is 3. The van der Waals surface area contributed by atoms with Gasteiger partial charge in [-0.25, -0.2) is 5.43 Å². The Bertz CT molecular complexity index is 943. The van der Waals surface area contributed by atoms with Crippen molar-refractivity contribution in [3.63, 3.8) is 0 Å². The van der Waals surface area contributed by atoms with Crippen LogP contribution in [0.25, 0.3) is 0 Å². The van der Waals surface area contributed by atoms with Crippen molar-refractivity contribution >= 4 is 17.3 Å². The molecule has 0 heterocycles. The van der Waals surface area contributed by atoms with Gasteiger partial charge in [0.2, 0.25) is 0 Å². The van der Waals surface area contributed by atoms with Gasteiger partial charge in [0.15, 0.2) is 23.4 Å². The quantitative estimate of drug-likeness (QED) is 0.648. The van der Waals surface area contributed by atoms with Crippen molar-refractivity contribution in [2.75, 3.05) is 0 Å². The molecule has 0 fully saturated rings. The molecular formula is C22H20N2O3. The summed E-state index contributed by atoms with van der Waals surface area (Å²) in [7, 11) is 0. The predicted molar refractivity (Wildman–Crippen MR) is 101 cm³/mol. The fourth-order valence-electron chi connectivity index (χ4n) is 3.93. The first kappa shape index (κ1) is 17.4. The highest BCUT2D eigenvalue weighted by Crippen LogP contribution is 2.39. The summed E-state index contributed by atoms with van der Waals surface area (Å²) in [5.74, 6) is -0.813. The van der Waals surface area contributed by atoms with Crippen LogP contribution < -0.4 is 10.9 Å². The number of allylic oxidation sites excluding steroid dienone is 2. The lowest BCUT2D eigenvalue weighted by Crippen LogP contribution is -2.47. The van der Waals surface area contributed by atoms with Crippen LogP contribution in [-0.4, -0.2) is 23.4 Å². The number of carbonyl (C=O) groups is 3. The van der Waals surface area contributed by atoms with E-state index in [1.807, 2.05) is 44.2 Å². The molecule has 0 amide bonds. The molecule has 0 bridgehead atoms. The van der Waals surface area contributed by atoms with E-state index in [0.29, 0.717) is 16.8 Å². The van der Waals surface area contributed by atoms with Gasteiger partial charge in [-0.15, -0.1) is 0 Å². The molecule has 2 aliphatic carbocycles. The van der Waals surface area contributed by atoms with E-state index in [1.54, 1.807) is 24.3 Å². The Morgan fingerprint density at radius 2 is 1.33 bits per heavy atom. The first-order valence-electron chi connectivity index (χ1n) is 8.99. The molecule has 2 aromatic rings. The van der Waals surface area contributed by atoms with Gasteiger partial charge < -0.3 is 5.43 Å². The number of benzene rings is 2. The predicted octanol–water partition coefficient (Wildman–Crippen LogP) is 2.81. The minimum Gasteiger partial charge on any atom is -0.317 e. The van der Waals surface area contributed by atoms with Crippen LogP contribution in [0.3, 0.4) is 0 Å². The van der Waals surface area contributed by atoms with Crippen LogP contribution in [0.4, 0.5) is 0 Å². The molecule has 0 aromatic heterocycles. The monoisotopic (exact) mass is 360 g/mol. The van der Waals surface area contributed by atoms with Gasteiger partial charge in [0.05, 0.1) is 11.6 Å². The maximum atomic E-state index is 13.0. The zero-order valence-corrected chi connectivity index (χ0v) is 15.2. The second-order valence-corrected chi connectivity index (χ2v) is 7.08. The molecule has 5 heteroatoms. The van der Waals surface area contributed by atoms with Crippen LogP contribution in [0.5, 0.6) is 0 Å². The first-order valence-corrected chi connectivity index (χ1v) is 8.99. The zero-order valence-electron chi connectivity index (χ0n) is 15.2. The lowest BCUT2D eigenvalue weighted by atomic mass is 9.87. The average molecular weight is 360 g/mol. The van der Waals surface area contributed by atoms with Crippen LogP contribution in [0.15, 0.2) is 65.9 Å². The molecule has 0 saturated heterocycles. The van der Waals surface area contributed by atoms with Gasteiger partial charge in [-0.1, -0.05) is 61.5 Å². The van der Waals surface area contributed by atoms with Crippen LogP contribution in [0.1, 0.15) is 46.0 Å². The number of hydrogen-bond donors (Lipinski definition) is 2. The third-order valence-corrected chi connectivity index (χ3v) is 5.59. The van der Waals surface area contributed by atoms with Crippen molar-refractivity contribution in [1.29, 1.82) is 0 Å². The minimum absolute atomic E-state index is 0.0332. The molecule has 2 atom stereocenters. The highest BCUT2D eigenvalue weighted by atomic mass is 16.2. The summed E-state index contributed by atoms with van der Waals surface area (Å²) in [6, 6.07) is 15.4. The van der Waals surface area contributed by atoms with Crippen LogP contribution in [-0.2, 0) is 4.79 Å². The number of hydrazine groups is 1. The molecule has 0 spiro atoms. The lowest BCUT2D eigenvalue weighted by Gasteiger charge is -2.16. The van der Waals surface area contributed by atoms with E-state index < -0.39 is 6.04 Å². The number of nitrogens with one attached hydrogen (secondary N) is 2. The molecular weight excluding hydrogens is 340 g/mol. The molecule has 0 aliphatic heterocycles. The average Bonchev–Trinajstić information content (AvgIpc) is 3.06. The third kappa shape index (κ3) is 2.71. The lowest BCUT2D eigenvalue weighted by molar-refractivity contribution is -0.117. The van der Waals surface area contributed by atoms with E-state index in [2.05, 4.69) is 10.9 Å². The van der Waals surface area contributed by atoms with Gasteiger partial charge in [-0.05, 0) is 24.0 Å². The third-order valence-electron chi connectivity index (χ3n) is 5.59. The second kappa shape index (κ2) is 6.59. The number of ketones is 3. The number of rotatable bonds is 4. The Labute approximate surface area is 157 Å². The van der Waals surface area contributed by atoms with E-state index in [0.717, 1.165) is 11.1 Å². The Hall–Kier alpha value is -3.05. The Morgan fingerprint density at radius 3 is 1.93 bits per heavy atom. The highest BCUT2D eigenvalue weighted by molar-refractivity contribution is 6.29. The Kier molecular flexibility index (Phi) is 4.24. The molecule has 2 aliphatic rings. The number of fused-ring (bicyclic) bond motifs is 1. The zero-order chi connectivity index (χ0) is 19.1. The number of hydrogen-bond acceptors (Lipinski definition) is 5. The van der Waals surface area contributed by atoms with Crippen molar-refractivity contribution in [2.45, 2.75) is 25.8 Å². The smallest absolute Gasteiger partial charge is 0.190 e. The summed E-state index contributed by atoms with van der Waals surface area (Å²) >= 11 is 0. The molecule has 4 rings (SSSR count). The van der Waals surface area contributed by atoms with E-state index in [4.69, 9.17) is 0 Å². The van der Waals surface area contributed by atoms with Crippen LogP contribution >= 0.6 is 0 Å². The summed E-state index contributed by atoms with van der Waals surface area (Å²) in [5.41, 5.74) is 8.83. The van der Waals surface area contributed by atoms with E-state index in [-0.39, 0.29) is 29.2 Å². The highest BCUT2D eigenvalue weighted by Gasteiger charge is 2.41. The van der Waals surface area contributed by atoms with Gasteiger partial charge in [0.25, 0.3) is 0 Å². The molecule has 2 N–H and O–H groups in total. The summed E-state index contributed by atoms with van der Waals surface area (Å²) in [6.45, 7) is 3.92. The normalized spacial score (nSPS) is 22.5. The Balaban J connectivity index is 1.53. The van der Waals surface area contributed by atoms with Crippen molar-refractivity contribution in [1.82, 2.24) is 10.9 Å². The first-order chi connectivity index (χ1) is 13.0. The van der Waals surface area contributed by atoms with Crippen molar-refractivity contribution in [3.05, 3.63) is 82.6 Å². The summed E-state index contributed by atoms with van der Waals surface area (Å²) < 4.78 is 0. The van der Waals surface area contributed by atoms with Gasteiger partial charge >= 0.3 is 0 Å². The molecule has 2 aromatic carbocycles. The second-order valence-electron chi connectivity index (χ2n) is 7.08. The summed E-state index contributed by atoms with van der Waals surface area (Å²) in [6.07, 6.45) is 0. The standard InChI is InChI=1S/C22H20N2O3/c1-12-13(2)18(22(27)17(12)14-8-4-3-5-9-14)23-24-19-20(25)15-10-6-7-11-16(15)21(19)26/h3-12,17,19,23-24H,1-2H3. The van der Waals surface area contributed by atoms with Gasteiger partial charge in [0, 0.05) is 11.1 Å². The topological polar surface area (TPSA) is 75.3 Å². The van der Waals surface area contributed by atoms with Gasteiger partial charge in [-0.2, -0.15) is 0 Å². The molecule has 5 nitrogen and oxygen atoms in total.